The van der Waals surface area contributed by atoms with E-state index in [-0.39, 0.29) is 0 Å². The minimum absolute atomic E-state index is 0.591. The summed E-state index contributed by atoms with van der Waals surface area (Å²) in [4.78, 5) is 4.89. The van der Waals surface area contributed by atoms with Crippen LogP contribution in [0.4, 0.5) is 0 Å². The van der Waals surface area contributed by atoms with E-state index in [1.165, 1.54) is 134 Å². The van der Waals surface area contributed by atoms with Gasteiger partial charge in [0.2, 0.25) is 0 Å². The van der Waals surface area contributed by atoms with Crippen molar-refractivity contribution in [2.75, 3.05) is 0 Å². The minimum atomic E-state index is 0.591. The third-order valence-electron chi connectivity index (χ3n) is 7.08. The molecule has 2 unspecified atom stereocenters. The zero-order chi connectivity index (χ0) is 22.6. The van der Waals surface area contributed by atoms with Crippen molar-refractivity contribution in [3.8, 4) is 0 Å². The molecule has 0 aromatic carbocycles. The molecule has 0 amide bonds. The topological polar surface area (TPSA) is 17.8 Å². The molecule has 0 radical (unpaired) electrons. The number of unbranched alkanes of at least 4 members (excludes halogenated alkanes) is 14. The van der Waals surface area contributed by atoms with Crippen LogP contribution in [0.3, 0.4) is 0 Å². The highest BCUT2D eigenvalue weighted by Gasteiger charge is 2.19. The van der Waals surface area contributed by atoms with E-state index < -0.39 is 0 Å². The summed E-state index contributed by atoms with van der Waals surface area (Å²) in [6.45, 7) is 9.30. The van der Waals surface area contributed by atoms with Crippen molar-refractivity contribution >= 4 is 0 Å². The Morgan fingerprint density at radius 1 is 0.613 bits per heavy atom. The van der Waals surface area contributed by atoms with Crippen LogP contribution in [0, 0.1) is 0 Å². The first kappa shape index (κ1) is 28.2. The second-order valence-corrected chi connectivity index (χ2v) is 10.1. The summed E-state index contributed by atoms with van der Waals surface area (Å²) >= 11 is 0. The standard InChI is InChI=1S/C29H56N2/c1-5-8-11-13-14-15-16-17-19-21-24-28(23-20-18-12-9-6-2)29-30-25-26-31(29)27(4)22-10-7-3/h25-28H,5-24H2,1-4H3. The second kappa shape index (κ2) is 19.9. The fourth-order valence-electron chi connectivity index (χ4n) is 4.93. The lowest BCUT2D eigenvalue weighted by Crippen LogP contribution is -2.13. The number of nitrogens with zero attached hydrogens (tertiary/aromatic N) is 2. The van der Waals surface area contributed by atoms with Crippen molar-refractivity contribution in [2.45, 2.75) is 168 Å². The highest BCUT2D eigenvalue weighted by Crippen LogP contribution is 2.30. The molecule has 31 heavy (non-hydrogen) atoms. The van der Waals surface area contributed by atoms with Crippen molar-refractivity contribution in [2.24, 2.45) is 0 Å². The molecule has 2 nitrogen and oxygen atoms in total. The van der Waals surface area contributed by atoms with Crippen LogP contribution >= 0.6 is 0 Å². The fourth-order valence-corrected chi connectivity index (χ4v) is 4.93. The van der Waals surface area contributed by atoms with Crippen molar-refractivity contribution in [1.29, 1.82) is 0 Å². The fraction of sp³-hybridized carbons (Fsp3) is 0.897. The first-order valence-electron chi connectivity index (χ1n) is 14.3. The van der Waals surface area contributed by atoms with E-state index in [0.717, 1.165) is 0 Å². The Labute approximate surface area is 196 Å². The van der Waals surface area contributed by atoms with Gasteiger partial charge in [-0.25, -0.2) is 4.98 Å². The molecule has 0 aliphatic carbocycles. The molecule has 1 aromatic rings. The van der Waals surface area contributed by atoms with Gasteiger partial charge in [-0.15, -0.1) is 0 Å². The number of hydrogen-bond acceptors (Lipinski definition) is 1. The molecule has 2 atom stereocenters. The number of rotatable bonds is 22. The molecular weight excluding hydrogens is 376 g/mol. The Hall–Kier alpha value is -0.790. The highest BCUT2D eigenvalue weighted by molar-refractivity contribution is 5.02. The van der Waals surface area contributed by atoms with Crippen molar-refractivity contribution < 1.29 is 0 Å². The van der Waals surface area contributed by atoms with Gasteiger partial charge >= 0.3 is 0 Å². The maximum atomic E-state index is 4.89. The molecule has 0 spiro atoms. The molecule has 0 saturated heterocycles. The lowest BCUT2D eigenvalue weighted by atomic mass is 9.93. The lowest BCUT2D eigenvalue weighted by Gasteiger charge is -2.22. The van der Waals surface area contributed by atoms with Gasteiger partial charge in [-0.3, -0.25) is 0 Å². The summed E-state index contributed by atoms with van der Waals surface area (Å²) in [5, 5.41) is 0. The Morgan fingerprint density at radius 2 is 1.06 bits per heavy atom. The van der Waals surface area contributed by atoms with E-state index in [1.807, 2.05) is 0 Å². The zero-order valence-corrected chi connectivity index (χ0v) is 21.8. The van der Waals surface area contributed by atoms with Crippen molar-refractivity contribution in [3.63, 3.8) is 0 Å². The molecule has 0 bridgehead atoms. The van der Waals surface area contributed by atoms with Crippen molar-refractivity contribution in [3.05, 3.63) is 18.2 Å². The molecular formula is C29H56N2. The Balaban J connectivity index is 2.44. The quantitative estimate of drug-likeness (QED) is 0.167. The van der Waals surface area contributed by atoms with Gasteiger partial charge in [-0.1, -0.05) is 130 Å². The SMILES string of the molecule is CCCCCCCCCCCCC(CCCCCCC)c1nccn1C(C)CCCC. The molecule has 0 N–H and O–H groups in total. The molecule has 1 aromatic heterocycles. The monoisotopic (exact) mass is 432 g/mol. The van der Waals surface area contributed by atoms with Gasteiger partial charge in [0.05, 0.1) is 0 Å². The van der Waals surface area contributed by atoms with Crippen LogP contribution in [0.5, 0.6) is 0 Å². The van der Waals surface area contributed by atoms with E-state index in [2.05, 4.69) is 44.7 Å². The normalized spacial score (nSPS) is 13.5. The van der Waals surface area contributed by atoms with Gasteiger partial charge < -0.3 is 4.57 Å². The summed E-state index contributed by atoms with van der Waals surface area (Å²) in [6.07, 6.45) is 32.0. The van der Waals surface area contributed by atoms with Gasteiger partial charge in [0.25, 0.3) is 0 Å². The summed E-state index contributed by atoms with van der Waals surface area (Å²) in [7, 11) is 0. The average molecular weight is 433 g/mol. The Bertz CT molecular complexity index is 493. The third-order valence-corrected chi connectivity index (χ3v) is 7.08. The molecule has 0 aliphatic rings. The predicted molar refractivity (Wildman–Crippen MR) is 139 cm³/mol. The highest BCUT2D eigenvalue weighted by atomic mass is 15.1. The molecule has 1 heterocycles. The van der Waals surface area contributed by atoms with Gasteiger partial charge in [-0.05, 0) is 26.2 Å². The van der Waals surface area contributed by atoms with Crippen molar-refractivity contribution in [1.82, 2.24) is 9.55 Å². The van der Waals surface area contributed by atoms with E-state index in [9.17, 15) is 0 Å². The van der Waals surface area contributed by atoms with E-state index >= 15 is 0 Å². The Morgan fingerprint density at radius 3 is 1.55 bits per heavy atom. The van der Waals surface area contributed by atoms with E-state index in [0.29, 0.717) is 12.0 Å². The van der Waals surface area contributed by atoms with Gasteiger partial charge in [0.15, 0.2) is 0 Å². The molecule has 0 saturated carbocycles. The summed E-state index contributed by atoms with van der Waals surface area (Å²) < 4.78 is 2.52. The maximum Gasteiger partial charge on any atom is 0.111 e. The summed E-state index contributed by atoms with van der Waals surface area (Å²) in [6, 6.07) is 0.591. The van der Waals surface area contributed by atoms with Crippen LogP contribution < -0.4 is 0 Å². The van der Waals surface area contributed by atoms with Crippen LogP contribution in [-0.2, 0) is 0 Å². The number of aromatic nitrogens is 2. The van der Waals surface area contributed by atoms with E-state index in [4.69, 9.17) is 4.98 Å². The number of hydrogen-bond donors (Lipinski definition) is 0. The van der Waals surface area contributed by atoms with Crippen LogP contribution in [-0.4, -0.2) is 9.55 Å². The lowest BCUT2D eigenvalue weighted by molar-refractivity contribution is 0.417. The second-order valence-electron chi connectivity index (χ2n) is 10.1. The van der Waals surface area contributed by atoms with E-state index in [1.54, 1.807) is 0 Å². The molecule has 2 heteroatoms. The predicted octanol–water partition coefficient (Wildman–Crippen LogP) is 10.4. The Kier molecular flexibility index (Phi) is 18.1. The molecule has 182 valence electrons. The first-order chi connectivity index (χ1) is 15.2. The van der Waals surface area contributed by atoms with Gasteiger partial charge in [-0.2, -0.15) is 0 Å². The van der Waals surface area contributed by atoms with Gasteiger partial charge in [0.1, 0.15) is 5.82 Å². The van der Waals surface area contributed by atoms with Crippen LogP contribution in [0.25, 0.3) is 0 Å². The molecule has 0 aliphatic heterocycles. The van der Waals surface area contributed by atoms with Gasteiger partial charge in [0, 0.05) is 24.4 Å². The summed E-state index contributed by atoms with van der Waals surface area (Å²) in [5.74, 6) is 2.05. The zero-order valence-electron chi connectivity index (χ0n) is 21.8. The summed E-state index contributed by atoms with van der Waals surface area (Å²) in [5.41, 5.74) is 0. The molecule has 1 rings (SSSR count). The smallest absolute Gasteiger partial charge is 0.111 e. The van der Waals surface area contributed by atoms with Crippen LogP contribution in [0.1, 0.15) is 174 Å². The number of imidazole rings is 1. The largest absolute Gasteiger partial charge is 0.332 e. The van der Waals surface area contributed by atoms with Crippen LogP contribution in [0.2, 0.25) is 0 Å². The minimum Gasteiger partial charge on any atom is -0.332 e. The average Bonchev–Trinajstić information content (AvgIpc) is 3.27. The molecule has 0 fully saturated rings. The third kappa shape index (κ3) is 13.4. The maximum absolute atomic E-state index is 4.89. The first-order valence-corrected chi connectivity index (χ1v) is 14.3. The van der Waals surface area contributed by atoms with Crippen LogP contribution in [0.15, 0.2) is 12.4 Å².